The van der Waals surface area contributed by atoms with Gasteiger partial charge in [0.1, 0.15) is 9.88 Å². The summed E-state index contributed by atoms with van der Waals surface area (Å²) in [7, 11) is 0. The Morgan fingerprint density at radius 2 is 1.76 bits per heavy atom. The summed E-state index contributed by atoms with van der Waals surface area (Å²) in [4.78, 5) is 29.2. The fourth-order valence-corrected chi connectivity index (χ4v) is 3.30. The number of halogens is 1. The van der Waals surface area contributed by atoms with Crippen molar-refractivity contribution in [1.82, 2.24) is 4.98 Å². The summed E-state index contributed by atoms with van der Waals surface area (Å²) in [5, 5.41) is 1.29. The number of ketones is 1. The molecule has 126 valence electrons. The Bertz CT molecular complexity index is 904. The lowest BCUT2D eigenvalue weighted by Crippen LogP contribution is -2.14. The number of thiazole rings is 1. The first-order chi connectivity index (χ1) is 12.0. The van der Waals surface area contributed by atoms with Gasteiger partial charge in [-0.3, -0.25) is 4.79 Å². The van der Waals surface area contributed by atoms with Gasteiger partial charge >= 0.3 is 5.97 Å². The monoisotopic (exact) mass is 371 g/mol. The Morgan fingerprint density at radius 3 is 2.44 bits per heavy atom. The van der Waals surface area contributed by atoms with Gasteiger partial charge in [-0.1, -0.05) is 41.9 Å². The lowest BCUT2D eigenvalue weighted by Gasteiger charge is -2.03. The first-order valence-electron chi connectivity index (χ1n) is 7.53. The summed E-state index contributed by atoms with van der Waals surface area (Å²) in [5.41, 5.74) is 1.97. The average molecular weight is 372 g/mol. The molecule has 0 radical (unpaired) electrons. The number of hydrogen-bond acceptors (Lipinski definition) is 5. The second kappa shape index (κ2) is 7.59. The third-order valence-electron chi connectivity index (χ3n) is 3.50. The number of aryl methyl sites for hydroxylation is 1. The standard InChI is InChI=1S/C19H14ClNO3S/c1-12-17(25-18(21-12)14-5-3-2-4-6-14)19(23)24-11-16(22)13-7-9-15(20)10-8-13/h2-10H,11H2,1H3. The van der Waals surface area contributed by atoms with Crippen LogP contribution < -0.4 is 0 Å². The summed E-state index contributed by atoms with van der Waals surface area (Å²) >= 11 is 7.05. The van der Waals surface area contributed by atoms with Crippen molar-refractivity contribution >= 4 is 34.7 Å². The van der Waals surface area contributed by atoms with E-state index < -0.39 is 5.97 Å². The van der Waals surface area contributed by atoms with Gasteiger partial charge in [0.25, 0.3) is 0 Å². The van der Waals surface area contributed by atoms with Crippen LogP contribution in [0, 0.1) is 6.92 Å². The van der Waals surface area contributed by atoms with Crippen molar-refractivity contribution in [3.05, 3.63) is 75.8 Å². The number of carbonyl (C=O) groups is 2. The van der Waals surface area contributed by atoms with Gasteiger partial charge in [0.2, 0.25) is 0 Å². The van der Waals surface area contributed by atoms with E-state index in [-0.39, 0.29) is 12.4 Å². The minimum atomic E-state index is -0.542. The molecule has 6 heteroatoms. The molecule has 0 saturated heterocycles. The molecule has 0 amide bonds. The molecule has 0 spiro atoms. The van der Waals surface area contributed by atoms with Crippen LogP contribution in [0.3, 0.4) is 0 Å². The normalized spacial score (nSPS) is 10.5. The average Bonchev–Trinajstić information content (AvgIpc) is 3.02. The van der Waals surface area contributed by atoms with E-state index in [0.717, 1.165) is 10.6 Å². The van der Waals surface area contributed by atoms with Gasteiger partial charge in [-0.05, 0) is 31.2 Å². The van der Waals surface area contributed by atoms with Crippen LogP contribution in [0.4, 0.5) is 0 Å². The highest BCUT2D eigenvalue weighted by Crippen LogP contribution is 2.28. The Balaban J connectivity index is 1.68. The van der Waals surface area contributed by atoms with E-state index in [1.54, 1.807) is 31.2 Å². The summed E-state index contributed by atoms with van der Waals surface area (Å²) in [6, 6.07) is 16.0. The number of benzene rings is 2. The SMILES string of the molecule is Cc1nc(-c2ccccc2)sc1C(=O)OCC(=O)c1ccc(Cl)cc1. The molecular weight excluding hydrogens is 358 g/mol. The van der Waals surface area contributed by atoms with Crippen LogP contribution in [0.2, 0.25) is 5.02 Å². The van der Waals surface area contributed by atoms with Gasteiger partial charge in [-0.2, -0.15) is 0 Å². The zero-order valence-electron chi connectivity index (χ0n) is 13.4. The maximum Gasteiger partial charge on any atom is 0.350 e. The Morgan fingerprint density at radius 1 is 1.08 bits per heavy atom. The number of hydrogen-bond donors (Lipinski definition) is 0. The number of esters is 1. The number of nitrogens with zero attached hydrogens (tertiary/aromatic N) is 1. The van der Waals surface area contributed by atoms with Crippen molar-refractivity contribution in [2.24, 2.45) is 0 Å². The zero-order valence-corrected chi connectivity index (χ0v) is 14.9. The Labute approximate surface area is 154 Å². The lowest BCUT2D eigenvalue weighted by atomic mass is 10.1. The lowest BCUT2D eigenvalue weighted by molar-refractivity contribution is 0.0478. The molecule has 0 bridgehead atoms. The van der Waals surface area contributed by atoms with Crippen LogP contribution in [0.1, 0.15) is 25.7 Å². The van der Waals surface area contributed by atoms with Gasteiger partial charge in [0, 0.05) is 16.1 Å². The highest BCUT2D eigenvalue weighted by Gasteiger charge is 2.19. The first-order valence-corrected chi connectivity index (χ1v) is 8.73. The fraction of sp³-hybridized carbons (Fsp3) is 0.105. The van der Waals surface area contributed by atoms with Crippen molar-refractivity contribution in [1.29, 1.82) is 0 Å². The molecule has 0 unspecified atom stereocenters. The number of rotatable bonds is 5. The summed E-state index contributed by atoms with van der Waals surface area (Å²) in [6.07, 6.45) is 0. The minimum absolute atomic E-state index is 0.282. The number of aromatic nitrogens is 1. The predicted octanol–water partition coefficient (Wildman–Crippen LogP) is 4.81. The van der Waals surface area contributed by atoms with Crippen LogP contribution in [-0.4, -0.2) is 23.3 Å². The van der Waals surface area contributed by atoms with Gasteiger partial charge in [0.05, 0.1) is 5.69 Å². The molecule has 3 aromatic rings. The fourth-order valence-electron chi connectivity index (χ4n) is 2.21. The topological polar surface area (TPSA) is 56.3 Å². The summed E-state index contributed by atoms with van der Waals surface area (Å²) in [6.45, 7) is 1.43. The smallest absolute Gasteiger partial charge is 0.350 e. The van der Waals surface area contributed by atoms with Crippen LogP contribution in [0.5, 0.6) is 0 Å². The van der Waals surface area contributed by atoms with Crippen molar-refractivity contribution in [3.8, 4) is 10.6 Å². The molecule has 0 aliphatic carbocycles. The molecule has 0 atom stereocenters. The highest BCUT2D eigenvalue weighted by molar-refractivity contribution is 7.17. The molecule has 0 aliphatic rings. The van der Waals surface area contributed by atoms with E-state index in [2.05, 4.69) is 4.98 Å². The van der Waals surface area contributed by atoms with Gasteiger partial charge in [-0.25, -0.2) is 9.78 Å². The molecule has 0 fully saturated rings. The molecule has 25 heavy (non-hydrogen) atoms. The molecule has 3 rings (SSSR count). The third-order valence-corrected chi connectivity index (χ3v) is 4.94. The molecule has 2 aromatic carbocycles. The predicted molar refractivity (Wildman–Crippen MR) is 98.4 cm³/mol. The van der Waals surface area contributed by atoms with Crippen molar-refractivity contribution < 1.29 is 14.3 Å². The van der Waals surface area contributed by atoms with Crippen molar-refractivity contribution in [2.75, 3.05) is 6.61 Å². The van der Waals surface area contributed by atoms with E-state index in [0.29, 0.717) is 21.2 Å². The van der Waals surface area contributed by atoms with E-state index in [4.69, 9.17) is 16.3 Å². The molecule has 0 saturated carbocycles. The van der Waals surface area contributed by atoms with E-state index >= 15 is 0 Å². The van der Waals surface area contributed by atoms with Gasteiger partial charge in [0.15, 0.2) is 12.4 Å². The van der Waals surface area contributed by atoms with Crippen LogP contribution in [-0.2, 0) is 4.74 Å². The second-order valence-corrected chi connectivity index (χ2v) is 6.74. The number of carbonyl (C=O) groups excluding carboxylic acids is 2. The molecule has 0 N–H and O–H groups in total. The summed E-state index contributed by atoms with van der Waals surface area (Å²) in [5.74, 6) is -0.824. The van der Waals surface area contributed by atoms with Gasteiger partial charge < -0.3 is 4.74 Å². The molecule has 1 aromatic heterocycles. The summed E-state index contributed by atoms with van der Waals surface area (Å²) < 4.78 is 5.15. The van der Waals surface area contributed by atoms with Gasteiger partial charge in [-0.15, -0.1) is 11.3 Å². The number of Topliss-reactive ketones (excluding diaryl/α,β-unsaturated/α-hetero) is 1. The highest BCUT2D eigenvalue weighted by atomic mass is 35.5. The molecular formula is C19H14ClNO3S. The van der Waals surface area contributed by atoms with Crippen LogP contribution >= 0.6 is 22.9 Å². The van der Waals surface area contributed by atoms with Crippen molar-refractivity contribution in [2.45, 2.75) is 6.92 Å². The Hall–Kier alpha value is -2.50. The van der Waals surface area contributed by atoms with E-state index in [9.17, 15) is 9.59 Å². The minimum Gasteiger partial charge on any atom is -0.453 e. The molecule has 1 heterocycles. The maximum atomic E-state index is 12.3. The van der Waals surface area contributed by atoms with E-state index in [1.807, 2.05) is 30.3 Å². The Kier molecular flexibility index (Phi) is 5.26. The van der Waals surface area contributed by atoms with Crippen molar-refractivity contribution in [3.63, 3.8) is 0 Å². The van der Waals surface area contributed by atoms with Crippen LogP contribution in [0.15, 0.2) is 54.6 Å². The van der Waals surface area contributed by atoms with E-state index in [1.165, 1.54) is 11.3 Å². The maximum absolute atomic E-state index is 12.3. The quantitative estimate of drug-likeness (QED) is 0.477. The number of ether oxygens (including phenoxy) is 1. The van der Waals surface area contributed by atoms with Crippen LogP contribution in [0.25, 0.3) is 10.6 Å². The first kappa shape index (κ1) is 17.3. The third kappa shape index (κ3) is 4.13. The molecule has 4 nitrogen and oxygen atoms in total. The largest absolute Gasteiger partial charge is 0.453 e. The molecule has 0 aliphatic heterocycles. The second-order valence-electron chi connectivity index (χ2n) is 5.31. The zero-order chi connectivity index (χ0) is 17.8.